The molecule has 0 spiro atoms. The van der Waals surface area contributed by atoms with Crippen LogP contribution in [0.3, 0.4) is 0 Å². The maximum absolute atomic E-state index is 12.3. The SMILES string of the molecule is COc1ccc2nc(Nc3cccc([N+](=O)[O-])c3)n(O)c(=O)c2c1. The van der Waals surface area contributed by atoms with Gasteiger partial charge in [-0.1, -0.05) is 6.07 Å². The van der Waals surface area contributed by atoms with Crippen LogP contribution in [0.4, 0.5) is 17.3 Å². The van der Waals surface area contributed by atoms with Gasteiger partial charge < -0.3 is 15.3 Å². The molecule has 0 aliphatic carbocycles. The minimum Gasteiger partial charge on any atom is -0.497 e. The molecule has 0 bridgehead atoms. The summed E-state index contributed by atoms with van der Waals surface area (Å²) in [6, 6.07) is 10.3. The third-order valence-corrected chi connectivity index (χ3v) is 3.37. The van der Waals surface area contributed by atoms with Gasteiger partial charge in [-0.2, -0.15) is 0 Å². The van der Waals surface area contributed by atoms with E-state index in [4.69, 9.17) is 4.74 Å². The highest BCUT2D eigenvalue weighted by atomic mass is 16.6. The molecule has 0 atom stereocenters. The molecule has 3 aromatic rings. The molecule has 0 fully saturated rings. The molecule has 2 N–H and O–H groups in total. The van der Waals surface area contributed by atoms with Crippen LogP contribution in [0.15, 0.2) is 47.3 Å². The number of nitro groups is 1. The molecule has 1 heterocycles. The highest BCUT2D eigenvalue weighted by molar-refractivity contribution is 5.80. The van der Waals surface area contributed by atoms with Crippen molar-refractivity contribution in [2.45, 2.75) is 0 Å². The molecule has 2 aromatic carbocycles. The molecule has 122 valence electrons. The van der Waals surface area contributed by atoms with Crippen LogP contribution in [-0.2, 0) is 0 Å². The van der Waals surface area contributed by atoms with E-state index >= 15 is 0 Å². The number of rotatable bonds is 4. The lowest BCUT2D eigenvalue weighted by molar-refractivity contribution is -0.384. The van der Waals surface area contributed by atoms with Crippen molar-refractivity contribution in [2.75, 3.05) is 12.4 Å². The fourth-order valence-corrected chi connectivity index (χ4v) is 2.19. The van der Waals surface area contributed by atoms with Gasteiger partial charge in [-0.15, -0.1) is 4.73 Å². The van der Waals surface area contributed by atoms with Crippen molar-refractivity contribution in [3.05, 3.63) is 62.9 Å². The number of methoxy groups -OCH3 is 1. The first-order chi connectivity index (χ1) is 11.5. The number of nitrogens with one attached hydrogen (secondary N) is 1. The summed E-state index contributed by atoms with van der Waals surface area (Å²) in [7, 11) is 1.46. The summed E-state index contributed by atoms with van der Waals surface area (Å²) in [5.41, 5.74) is -0.157. The van der Waals surface area contributed by atoms with E-state index in [1.807, 2.05) is 0 Å². The van der Waals surface area contributed by atoms with Crippen LogP contribution in [-0.4, -0.2) is 27.0 Å². The third-order valence-electron chi connectivity index (χ3n) is 3.37. The maximum Gasteiger partial charge on any atom is 0.295 e. The zero-order valence-corrected chi connectivity index (χ0v) is 12.5. The highest BCUT2D eigenvalue weighted by Gasteiger charge is 2.13. The zero-order valence-electron chi connectivity index (χ0n) is 12.5. The van der Waals surface area contributed by atoms with Gasteiger partial charge in [-0.25, -0.2) is 4.98 Å². The zero-order chi connectivity index (χ0) is 17.3. The lowest BCUT2D eigenvalue weighted by atomic mass is 10.2. The normalized spacial score (nSPS) is 10.5. The Morgan fingerprint density at radius 2 is 2.08 bits per heavy atom. The lowest BCUT2D eigenvalue weighted by Crippen LogP contribution is -2.22. The largest absolute Gasteiger partial charge is 0.497 e. The van der Waals surface area contributed by atoms with Gasteiger partial charge in [0.2, 0.25) is 5.95 Å². The predicted octanol–water partition coefficient (Wildman–Crippen LogP) is 2.29. The summed E-state index contributed by atoms with van der Waals surface area (Å²) in [6.07, 6.45) is 0. The van der Waals surface area contributed by atoms with Gasteiger partial charge in [0.15, 0.2) is 0 Å². The summed E-state index contributed by atoms with van der Waals surface area (Å²) in [5.74, 6) is 0.305. The molecule has 0 amide bonds. The quantitative estimate of drug-likeness (QED) is 0.428. The van der Waals surface area contributed by atoms with Crippen molar-refractivity contribution in [3.8, 4) is 5.75 Å². The lowest BCUT2D eigenvalue weighted by Gasteiger charge is -2.10. The monoisotopic (exact) mass is 328 g/mol. The van der Waals surface area contributed by atoms with Gasteiger partial charge in [0.1, 0.15) is 5.75 Å². The van der Waals surface area contributed by atoms with Gasteiger partial charge in [0.05, 0.1) is 22.9 Å². The number of anilines is 2. The topological polar surface area (TPSA) is 120 Å². The third kappa shape index (κ3) is 2.70. The minimum absolute atomic E-state index is 0.127. The second-order valence-electron chi connectivity index (χ2n) is 4.87. The molecule has 9 heteroatoms. The fraction of sp³-hybridized carbons (Fsp3) is 0.0667. The number of ether oxygens (including phenoxy) is 1. The van der Waals surface area contributed by atoms with Crippen molar-refractivity contribution in [3.63, 3.8) is 0 Å². The van der Waals surface area contributed by atoms with E-state index in [9.17, 15) is 20.1 Å². The van der Waals surface area contributed by atoms with E-state index in [2.05, 4.69) is 10.3 Å². The second-order valence-corrected chi connectivity index (χ2v) is 4.87. The molecule has 9 nitrogen and oxygen atoms in total. The minimum atomic E-state index is -0.688. The molecule has 0 aliphatic rings. The Bertz CT molecular complexity index is 999. The molecule has 3 rings (SSSR count). The van der Waals surface area contributed by atoms with E-state index in [-0.39, 0.29) is 17.0 Å². The Hall–Kier alpha value is -3.62. The molecule has 1 aromatic heterocycles. The van der Waals surface area contributed by atoms with Gasteiger partial charge in [0.25, 0.3) is 11.2 Å². The summed E-state index contributed by atoms with van der Waals surface area (Å²) < 4.78 is 5.39. The van der Waals surface area contributed by atoms with E-state index in [1.165, 1.54) is 31.4 Å². The summed E-state index contributed by atoms with van der Waals surface area (Å²) in [4.78, 5) is 26.7. The van der Waals surface area contributed by atoms with Gasteiger partial charge >= 0.3 is 0 Å². The van der Waals surface area contributed by atoms with Gasteiger partial charge in [-0.05, 0) is 24.3 Å². The summed E-state index contributed by atoms with van der Waals surface area (Å²) in [5, 5.41) is 23.7. The van der Waals surface area contributed by atoms with Gasteiger partial charge in [-0.3, -0.25) is 14.9 Å². The van der Waals surface area contributed by atoms with Crippen LogP contribution >= 0.6 is 0 Å². The number of aromatic nitrogens is 2. The molecule has 0 saturated heterocycles. The van der Waals surface area contributed by atoms with Crippen LogP contribution < -0.4 is 15.6 Å². The number of fused-ring (bicyclic) bond motifs is 1. The van der Waals surface area contributed by atoms with Crippen molar-refractivity contribution in [2.24, 2.45) is 0 Å². The molecule has 24 heavy (non-hydrogen) atoms. The number of benzene rings is 2. The van der Waals surface area contributed by atoms with E-state index in [0.29, 0.717) is 21.7 Å². The van der Waals surface area contributed by atoms with Crippen LogP contribution in [0.2, 0.25) is 0 Å². The Kier molecular flexibility index (Phi) is 3.74. The number of hydrogen-bond acceptors (Lipinski definition) is 7. The van der Waals surface area contributed by atoms with Crippen molar-refractivity contribution in [1.82, 2.24) is 9.71 Å². The van der Waals surface area contributed by atoms with Crippen LogP contribution in [0, 0.1) is 10.1 Å². The smallest absolute Gasteiger partial charge is 0.295 e. The van der Waals surface area contributed by atoms with Crippen molar-refractivity contribution < 1.29 is 14.9 Å². The fourth-order valence-electron chi connectivity index (χ4n) is 2.19. The maximum atomic E-state index is 12.3. The summed E-state index contributed by atoms with van der Waals surface area (Å²) in [6.45, 7) is 0. The number of nitro benzene ring substituents is 1. The first-order valence-electron chi connectivity index (χ1n) is 6.81. The van der Waals surface area contributed by atoms with Crippen LogP contribution in [0.1, 0.15) is 0 Å². The molecule has 0 saturated carbocycles. The predicted molar refractivity (Wildman–Crippen MR) is 86.1 cm³/mol. The molecule has 0 unspecified atom stereocenters. The molecule has 0 radical (unpaired) electrons. The van der Waals surface area contributed by atoms with E-state index in [1.54, 1.807) is 18.2 Å². The average molecular weight is 328 g/mol. The number of non-ortho nitro benzene ring substituents is 1. The molecular formula is C15H12N4O5. The highest BCUT2D eigenvalue weighted by Crippen LogP contribution is 2.22. The Labute approximate surface area is 134 Å². The molecular weight excluding hydrogens is 316 g/mol. The Morgan fingerprint density at radius 1 is 1.29 bits per heavy atom. The van der Waals surface area contributed by atoms with E-state index < -0.39 is 10.5 Å². The van der Waals surface area contributed by atoms with Crippen LogP contribution in [0.25, 0.3) is 10.9 Å². The summed E-state index contributed by atoms with van der Waals surface area (Å²) >= 11 is 0. The van der Waals surface area contributed by atoms with Crippen LogP contribution in [0.5, 0.6) is 5.75 Å². The number of hydrogen-bond donors (Lipinski definition) is 2. The first kappa shape index (κ1) is 15.3. The average Bonchev–Trinajstić information content (AvgIpc) is 2.59. The first-order valence-corrected chi connectivity index (χ1v) is 6.81. The number of nitrogens with zero attached hydrogens (tertiary/aromatic N) is 3. The Balaban J connectivity index is 2.07. The van der Waals surface area contributed by atoms with E-state index in [0.717, 1.165) is 0 Å². The second kappa shape index (κ2) is 5.88. The van der Waals surface area contributed by atoms with Gasteiger partial charge in [0, 0.05) is 17.8 Å². The van der Waals surface area contributed by atoms with Crippen molar-refractivity contribution in [1.29, 1.82) is 0 Å². The standard InChI is InChI=1S/C15H12N4O5/c1-24-11-5-6-13-12(8-11)14(20)18(21)15(17-13)16-9-3-2-4-10(7-9)19(22)23/h2-8,21H,1H3,(H,16,17). The Morgan fingerprint density at radius 3 is 2.79 bits per heavy atom. The molecule has 0 aliphatic heterocycles. The van der Waals surface area contributed by atoms with Crippen molar-refractivity contribution >= 4 is 28.2 Å².